The number of halogens is 1. The Balaban J connectivity index is 1.94. The molecule has 2 aromatic carbocycles. The number of anilines is 1. The third-order valence-electron chi connectivity index (χ3n) is 3.85. The van der Waals surface area contributed by atoms with Gasteiger partial charge in [0.25, 0.3) is 11.6 Å². The van der Waals surface area contributed by atoms with E-state index >= 15 is 0 Å². The lowest BCUT2D eigenvalue weighted by atomic mass is 10.1. The van der Waals surface area contributed by atoms with Gasteiger partial charge in [0.05, 0.1) is 10.6 Å². The molecule has 6 nitrogen and oxygen atoms in total. The van der Waals surface area contributed by atoms with Crippen LogP contribution in [0.3, 0.4) is 0 Å². The molecule has 0 N–H and O–H groups in total. The number of nitrogens with zero attached hydrogens (tertiary/aromatic N) is 3. The Labute approximate surface area is 149 Å². The normalized spacial score (nSPS) is 15.6. The highest BCUT2D eigenvalue weighted by atomic mass is 35.5. The molecule has 3 rings (SSSR count). The predicted molar refractivity (Wildman–Crippen MR) is 97.9 cm³/mol. The van der Waals surface area contributed by atoms with Crippen molar-refractivity contribution in [2.24, 2.45) is 4.99 Å². The van der Waals surface area contributed by atoms with Crippen molar-refractivity contribution < 1.29 is 9.72 Å². The van der Waals surface area contributed by atoms with Gasteiger partial charge in [0, 0.05) is 17.2 Å². The lowest BCUT2D eigenvalue weighted by Crippen LogP contribution is -2.30. The van der Waals surface area contributed by atoms with Gasteiger partial charge in [-0.3, -0.25) is 19.8 Å². The van der Waals surface area contributed by atoms with Crippen LogP contribution in [-0.4, -0.2) is 16.7 Å². The SMILES string of the molecule is CC1=N/C(=C\c2ccc([N+](=O)[O-])cc2)C(=O)N1c1cc(Cl)ccc1C. The van der Waals surface area contributed by atoms with Crippen molar-refractivity contribution in [3.8, 4) is 0 Å². The molecule has 0 saturated heterocycles. The van der Waals surface area contributed by atoms with Gasteiger partial charge >= 0.3 is 0 Å². The van der Waals surface area contributed by atoms with E-state index in [2.05, 4.69) is 4.99 Å². The maximum atomic E-state index is 12.8. The first-order valence-corrected chi connectivity index (χ1v) is 7.86. The summed E-state index contributed by atoms with van der Waals surface area (Å²) in [7, 11) is 0. The van der Waals surface area contributed by atoms with Crippen molar-refractivity contribution in [3.63, 3.8) is 0 Å². The molecule has 1 heterocycles. The molecule has 1 amide bonds. The second-order valence-electron chi connectivity index (χ2n) is 5.61. The largest absolute Gasteiger partial charge is 0.282 e. The molecule has 0 radical (unpaired) electrons. The van der Waals surface area contributed by atoms with Crippen LogP contribution < -0.4 is 4.90 Å². The third kappa shape index (κ3) is 3.29. The van der Waals surface area contributed by atoms with E-state index in [1.54, 1.807) is 37.3 Å². The fourth-order valence-corrected chi connectivity index (χ4v) is 2.75. The summed E-state index contributed by atoms with van der Waals surface area (Å²) >= 11 is 6.05. The van der Waals surface area contributed by atoms with Crippen LogP contribution in [0.1, 0.15) is 18.1 Å². The molecule has 1 aliphatic heterocycles. The zero-order valence-electron chi connectivity index (χ0n) is 13.6. The molecule has 7 heteroatoms. The van der Waals surface area contributed by atoms with Crippen LogP contribution in [0.5, 0.6) is 0 Å². The van der Waals surface area contributed by atoms with E-state index in [0.717, 1.165) is 5.56 Å². The van der Waals surface area contributed by atoms with Crippen molar-refractivity contribution in [1.29, 1.82) is 0 Å². The summed E-state index contributed by atoms with van der Waals surface area (Å²) in [4.78, 5) is 28.8. The summed E-state index contributed by atoms with van der Waals surface area (Å²) in [5, 5.41) is 11.2. The fraction of sp³-hybridized carbons (Fsp3) is 0.111. The number of non-ortho nitro benzene ring substituents is 1. The van der Waals surface area contributed by atoms with Gasteiger partial charge in [0.2, 0.25) is 0 Å². The highest BCUT2D eigenvalue weighted by molar-refractivity contribution is 6.32. The first kappa shape index (κ1) is 16.9. The third-order valence-corrected chi connectivity index (χ3v) is 4.08. The summed E-state index contributed by atoms with van der Waals surface area (Å²) < 4.78 is 0. The van der Waals surface area contributed by atoms with E-state index < -0.39 is 4.92 Å². The molecule has 0 aromatic heterocycles. The van der Waals surface area contributed by atoms with Crippen LogP contribution in [0.15, 0.2) is 53.2 Å². The first-order valence-electron chi connectivity index (χ1n) is 7.49. The Kier molecular flexibility index (Phi) is 4.37. The zero-order chi connectivity index (χ0) is 18.1. The number of nitro benzene ring substituents is 1. The van der Waals surface area contributed by atoms with Crippen molar-refractivity contribution in [2.45, 2.75) is 13.8 Å². The minimum Gasteiger partial charge on any atom is -0.266 e. The van der Waals surface area contributed by atoms with Crippen molar-refractivity contribution in [2.75, 3.05) is 4.90 Å². The van der Waals surface area contributed by atoms with Gasteiger partial charge in [-0.15, -0.1) is 0 Å². The lowest BCUT2D eigenvalue weighted by molar-refractivity contribution is -0.384. The smallest absolute Gasteiger partial charge is 0.266 e. The number of benzene rings is 2. The summed E-state index contributed by atoms with van der Waals surface area (Å²) in [6, 6.07) is 11.3. The summed E-state index contributed by atoms with van der Waals surface area (Å²) in [6.45, 7) is 3.64. The van der Waals surface area contributed by atoms with Gasteiger partial charge in [-0.2, -0.15) is 0 Å². The molecule has 0 saturated carbocycles. The molecule has 0 unspecified atom stereocenters. The van der Waals surface area contributed by atoms with E-state index in [-0.39, 0.29) is 17.3 Å². The van der Waals surface area contributed by atoms with Crippen LogP contribution in [0.25, 0.3) is 6.08 Å². The van der Waals surface area contributed by atoms with E-state index in [1.165, 1.54) is 17.0 Å². The number of amides is 1. The Hall–Kier alpha value is -2.99. The Morgan fingerprint density at radius 1 is 1.16 bits per heavy atom. The van der Waals surface area contributed by atoms with Gasteiger partial charge in [-0.25, -0.2) is 4.99 Å². The molecule has 0 aliphatic carbocycles. The van der Waals surface area contributed by atoms with Crippen LogP contribution in [0.2, 0.25) is 5.02 Å². The number of carbonyl (C=O) groups excluding carboxylic acids is 1. The molecule has 0 atom stereocenters. The standard InChI is InChI=1S/C18H14ClN3O3/c1-11-3-6-14(19)10-17(11)21-12(2)20-16(18(21)23)9-13-4-7-15(8-5-13)22(24)25/h3-10H,1-2H3/b16-9-. The maximum absolute atomic E-state index is 12.8. The van der Waals surface area contributed by atoms with E-state index in [1.807, 2.05) is 13.0 Å². The summed E-state index contributed by atoms with van der Waals surface area (Å²) in [5.74, 6) is 0.282. The number of amidine groups is 1. The first-order chi connectivity index (χ1) is 11.9. The van der Waals surface area contributed by atoms with Gasteiger partial charge in [-0.05, 0) is 55.3 Å². The Bertz CT molecular complexity index is 933. The average Bonchev–Trinajstić information content (AvgIpc) is 2.84. The van der Waals surface area contributed by atoms with Crippen molar-refractivity contribution >= 4 is 40.8 Å². The predicted octanol–water partition coefficient (Wildman–Crippen LogP) is 4.36. The maximum Gasteiger partial charge on any atom is 0.282 e. The van der Waals surface area contributed by atoms with Crippen LogP contribution in [0.4, 0.5) is 11.4 Å². The minimum atomic E-state index is -0.469. The number of aryl methyl sites for hydroxylation is 1. The average molecular weight is 356 g/mol. The van der Waals surface area contributed by atoms with Gasteiger partial charge in [0.15, 0.2) is 0 Å². The summed E-state index contributed by atoms with van der Waals surface area (Å²) in [6.07, 6.45) is 1.61. The van der Waals surface area contributed by atoms with Crippen molar-refractivity contribution in [1.82, 2.24) is 0 Å². The number of aliphatic imine (C=N–C) groups is 1. The Morgan fingerprint density at radius 3 is 2.48 bits per heavy atom. The van der Waals surface area contributed by atoms with Gasteiger partial charge in [0.1, 0.15) is 11.5 Å². The minimum absolute atomic E-state index is 0.00393. The Morgan fingerprint density at radius 2 is 1.84 bits per heavy atom. The molecule has 2 aromatic rings. The quantitative estimate of drug-likeness (QED) is 0.466. The summed E-state index contributed by atoms with van der Waals surface area (Å²) in [5.41, 5.74) is 2.52. The number of hydrogen-bond donors (Lipinski definition) is 0. The topological polar surface area (TPSA) is 75.8 Å². The molecule has 126 valence electrons. The lowest BCUT2D eigenvalue weighted by Gasteiger charge is -2.18. The van der Waals surface area contributed by atoms with Gasteiger partial charge < -0.3 is 0 Å². The second kappa shape index (κ2) is 6.49. The second-order valence-corrected chi connectivity index (χ2v) is 6.05. The van der Waals surface area contributed by atoms with Crippen LogP contribution >= 0.6 is 11.6 Å². The highest BCUT2D eigenvalue weighted by Crippen LogP contribution is 2.30. The molecule has 1 aliphatic rings. The molecule has 0 fully saturated rings. The molecule has 25 heavy (non-hydrogen) atoms. The number of hydrogen-bond acceptors (Lipinski definition) is 4. The molecular formula is C18H14ClN3O3. The van der Waals surface area contributed by atoms with Crippen LogP contribution in [0, 0.1) is 17.0 Å². The van der Waals surface area contributed by atoms with Crippen LogP contribution in [-0.2, 0) is 4.79 Å². The van der Waals surface area contributed by atoms with E-state index in [0.29, 0.717) is 22.1 Å². The highest BCUT2D eigenvalue weighted by Gasteiger charge is 2.30. The van der Waals surface area contributed by atoms with E-state index in [9.17, 15) is 14.9 Å². The fourth-order valence-electron chi connectivity index (χ4n) is 2.58. The monoisotopic (exact) mass is 355 g/mol. The molecule has 0 spiro atoms. The molecular weight excluding hydrogens is 342 g/mol. The van der Waals surface area contributed by atoms with E-state index in [4.69, 9.17) is 11.6 Å². The zero-order valence-corrected chi connectivity index (χ0v) is 14.3. The number of carbonyl (C=O) groups is 1. The number of rotatable bonds is 3. The van der Waals surface area contributed by atoms with Gasteiger partial charge in [-0.1, -0.05) is 17.7 Å². The van der Waals surface area contributed by atoms with Crippen molar-refractivity contribution in [3.05, 3.63) is 74.4 Å². The molecule has 0 bridgehead atoms. The number of nitro groups is 1.